The van der Waals surface area contributed by atoms with Crippen LogP contribution < -0.4 is 5.73 Å². The second-order valence-corrected chi connectivity index (χ2v) is 3.84. The number of hydrogen-bond acceptors (Lipinski definition) is 6. The van der Waals surface area contributed by atoms with Crippen molar-refractivity contribution < 1.29 is 13.9 Å². The Kier molecular flexibility index (Phi) is 2.45. The largest absolute Gasteiger partial charge is 0.465 e. The lowest BCUT2D eigenvalue weighted by Crippen LogP contribution is -2.06. The number of ether oxygens (including phenoxy) is 1. The molecule has 3 aromatic heterocycles. The number of rotatable bonds is 2. The topological polar surface area (TPSA) is 95.7 Å². The Bertz CT molecular complexity index is 746. The molecule has 0 amide bonds. The minimum atomic E-state index is -0.475. The predicted molar refractivity (Wildman–Crippen MR) is 66.4 cm³/mol. The summed E-state index contributed by atoms with van der Waals surface area (Å²) in [6, 6.07) is 6.53. The Morgan fingerprint density at radius 1 is 1.47 bits per heavy atom. The highest BCUT2D eigenvalue weighted by Crippen LogP contribution is 2.19. The van der Waals surface area contributed by atoms with Gasteiger partial charge in [0.15, 0.2) is 11.4 Å². The summed E-state index contributed by atoms with van der Waals surface area (Å²) >= 11 is 0. The van der Waals surface area contributed by atoms with E-state index in [1.165, 1.54) is 24.0 Å². The molecule has 0 aromatic carbocycles. The molecule has 7 nitrogen and oxygen atoms in total. The van der Waals surface area contributed by atoms with E-state index in [1.807, 2.05) is 0 Å². The highest BCUT2D eigenvalue weighted by Gasteiger charge is 2.14. The van der Waals surface area contributed by atoms with Crippen LogP contribution in [-0.4, -0.2) is 27.7 Å². The van der Waals surface area contributed by atoms with Crippen LogP contribution in [0.3, 0.4) is 0 Å². The number of fused-ring (bicyclic) bond motifs is 1. The molecule has 0 saturated heterocycles. The number of pyridine rings is 1. The number of carbonyl (C=O) groups is 1. The summed E-state index contributed by atoms with van der Waals surface area (Å²) < 4.78 is 11.3. The van der Waals surface area contributed by atoms with Crippen LogP contribution in [0.5, 0.6) is 0 Å². The van der Waals surface area contributed by atoms with Gasteiger partial charge >= 0.3 is 5.97 Å². The standard InChI is InChI=1S/C12H10N4O3/c1-18-12(17)7-5-9(13)16-10(6-7)14-11(15-16)8-3-2-4-19-8/h2-6H,13H2,1H3. The molecule has 0 bridgehead atoms. The molecule has 0 atom stereocenters. The Balaban J connectivity index is 2.17. The number of anilines is 1. The van der Waals surface area contributed by atoms with Gasteiger partial charge in [0.1, 0.15) is 5.82 Å². The molecular weight excluding hydrogens is 248 g/mol. The quantitative estimate of drug-likeness (QED) is 0.697. The molecule has 19 heavy (non-hydrogen) atoms. The minimum absolute atomic E-state index is 0.295. The highest BCUT2D eigenvalue weighted by atomic mass is 16.5. The number of hydrogen-bond donors (Lipinski definition) is 1. The molecule has 7 heteroatoms. The fourth-order valence-electron chi connectivity index (χ4n) is 1.75. The summed E-state index contributed by atoms with van der Waals surface area (Å²) in [7, 11) is 1.31. The van der Waals surface area contributed by atoms with Gasteiger partial charge < -0.3 is 14.9 Å². The van der Waals surface area contributed by atoms with Crippen LogP contribution in [0.1, 0.15) is 10.4 Å². The molecule has 3 rings (SSSR count). The summed E-state index contributed by atoms with van der Waals surface area (Å²) in [5, 5.41) is 4.22. The van der Waals surface area contributed by atoms with Crippen molar-refractivity contribution in [2.75, 3.05) is 12.8 Å². The molecule has 0 spiro atoms. The van der Waals surface area contributed by atoms with Gasteiger partial charge in [-0.05, 0) is 24.3 Å². The van der Waals surface area contributed by atoms with Gasteiger partial charge in [0.25, 0.3) is 0 Å². The van der Waals surface area contributed by atoms with E-state index in [4.69, 9.17) is 10.2 Å². The Labute approximate surface area is 107 Å². The zero-order chi connectivity index (χ0) is 13.4. The summed E-state index contributed by atoms with van der Waals surface area (Å²) in [5.41, 5.74) is 6.61. The molecule has 0 aliphatic heterocycles. The van der Waals surface area contributed by atoms with Crippen molar-refractivity contribution in [2.24, 2.45) is 0 Å². The van der Waals surface area contributed by atoms with Gasteiger partial charge in [0.05, 0.1) is 18.9 Å². The molecule has 0 unspecified atom stereocenters. The minimum Gasteiger partial charge on any atom is -0.465 e. The third kappa shape index (κ3) is 1.81. The molecule has 3 heterocycles. The van der Waals surface area contributed by atoms with Crippen LogP contribution in [0.2, 0.25) is 0 Å². The summed E-state index contributed by atoms with van der Waals surface area (Å²) in [5.74, 6) is 0.751. The summed E-state index contributed by atoms with van der Waals surface area (Å²) in [4.78, 5) is 15.8. The SMILES string of the molecule is COC(=O)c1cc(N)n2nc(-c3ccco3)nc2c1. The van der Waals surface area contributed by atoms with Crippen LogP contribution in [0.4, 0.5) is 5.82 Å². The highest BCUT2D eigenvalue weighted by molar-refractivity contribution is 5.91. The van der Waals surface area contributed by atoms with Crippen LogP contribution in [0.25, 0.3) is 17.2 Å². The van der Waals surface area contributed by atoms with Gasteiger partial charge in [-0.2, -0.15) is 4.52 Å². The number of furan rings is 1. The van der Waals surface area contributed by atoms with Gasteiger partial charge in [0, 0.05) is 0 Å². The van der Waals surface area contributed by atoms with E-state index in [0.29, 0.717) is 28.6 Å². The van der Waals surface area contributed by atoms with E-state index in [0.717, 1.165) is 0 Å². The normalized spacial score (nSPS) is 10.8. The molecule has 0 aliphatic rings. The van der Waals surface area contributed by atoms with Gasteiger partial charge in [-0.3, -0.25) is 0 Å². The molecule has 3 aromatic rings. The first-order chi connectivity index (χ1) is 9.19. The van der Waals surface area contributed by atoms with Crippen molar-refractivity contribution >= 4 is 17.4 Å². The van der Waals surface area contributed by atoms with E-state index in [2.05, 4.69) is 14.8 Å². The number of nitrogens with two attached hydrogens (primary N) is 1. The van der Waals surface area contributed by atoms with Crippen molar-refractivity contribution in [3.8, 4) is 11.6 Å². The second kappa shape index (κ2) is 4.13. The van der Waals surface area contributed by atoms with E-state index >= 15 is 0 Å². The number of nitrogen functional groups attached to an aromatic ring is 1. The molecular formula is C12H10N4O3. The van der Waals surface area contributed by atoms with E-state index in [1.54, 1.807) is 18.2 Å². The first-order valence-electron chi connectivity index (χ1n) is 5.47. The summed E-state index contributed by atoms with van der Waals surface area (Å²) in [6.07, 6.45) is 1.53. The molecule has 96 valence electrons. The van der Waals surface area contributed by atoms with Crippen LogP contribution in [0.15, 0.2) is 34.9 Å². The third-order valence-corrected chi connectivity index (χ3v) is 2.63. The Morgan fingerprint density at radius 3 is 3.00 bits per heavy atom. The Morgan fingerprint density at radius 2 is 2.32 bits per heavy atom. The maximum Gasteiger partial charge on any atom is 0.338 e. The molecule has 0 aliphatic carbocycles. The van der Waals surface area contributed by atoms with Gasteiger partial charge in [0.2, 0.25) is 5.82 Å². The average Bonchev–Trinajstić information content (AvgIpc) is 3.05. The fourth-order valence-corrected chi connectivity index (χ4v) is 1.75. The summed E-state index contributed by atoms with van der Waals surface area (Å²) in [6.45, 7) is 0. The van der Waals surface area contributed by atoms with Crippen molar-refractivity contribution in [3.63, 3.8) is 0 Å². The van der Waals surface area contributed by atoms with Crippen molar-refractivity contribution in [2.45, 2.75) is 0 Å². The molecule has 0 saturated carbocycles. The Hall–Kier alpha value is -2.83. The maximum atomic E-state index is 11.5. The molecule has 2 N–H and O–H groups in total. The van der Waals surface area contributed by atoms with Crippen molar-refractivity contribution in [1.82, 2.24) is 14.6 Å². The number of aromatic nitrogens is 3. The number of methoxy groups -OCH3 is 1. The molecule has 0 fully saturated rings. The average molecular weight is 258 g/mol. The first-order valence-corrected chi connectivity index (χ1v) is 5.47. The maximum absolute atomic E-state index is 11.5. The van der Waals surface area contributed by atoms with Crippen LogP contribution in [-0.2, 0) is 4.74 Å². The van der Waals surface area contributed by atoms with Crippen LogP contribution in [0, 0.1) is 0 Å². The van der Waals surface area contributed by atoms with Crippen molar-refractivity contribution in [3.05, 3.63) is 36.1 Å². The number of nitrogens with zero attached hydrogens (tertiary/aromatic N) is 3. The van der Waals surface area contributed by atoms with Gasteiger partial charge in [-0.1, -0.05) is 0 Å². The van der Waals surface area contributed by atoms with Gasteiger partial charge in [-0.25, -0.2) is 9.78 Å². The van der Waals surface area contributed by atoms with Crippen molar-refractivity contribution in [1.29, 1.82) is 0 Å². The lowest BCUT2D eigenvalue weighted by atomic mass is 10.2. The van der Waals surface area contributed by atoms with Gasteiger partial charge in [-0.15, -0.1) is 5.10 Å². The lowest BCUT2D eigenvalue weighted by molar-refractivity contribution is 0.0601. The van der Waals surface area contributed by atoms with E-state index < -0.39 is 5.97 Å². The smallest absolute Gasteiger partial charge is 0.338 e. The zero-order valence-electron chi connectivity index (χ0n) is 10.0. The van der Waals surface area contributed by atoms with E-state index in [9.17, 15) is 4.79 Å². The van der Waals surface area contributed by atoms with E-state index in [-0.39, 0.29) is 0 Å². The number of carbonyl (C=O) groups excluding carboxylic acids is 1. The predicted octanol–water partition coefficient (Wildman–Crippen LogP) is 1.36. The first kappa shape index (κ1) is 11.3. The second-order valence-electron chi connectivity index (χ2n) is 3.84. The third-order valence-electron chi connectivity index (χ3n) is 2.63. The zero-order valence-corrected chi connectivity index (χ0v) is 10.0. The fraction of sp³-hybridized carbons (Fsp3) is 0.0833. The monoisotopic (exact) mass is 258 g/mol. The number of esters is 1. The lowest BCUT2D eigenvalue weighted by Gasteiger charge is -2.01. The molecule has 0 radical (unpaired) electrons. The van der Waals surface area contributed by atoms with Crippen LogP contribution >= 0.6 is 0 Å².